The van der Waals surface area contributed by atoms with Crippen molar-refractivity contribution in [3.63, 3.8) is 0 Å². The van der Waals surface area contributed by atoms with Gasteiger partial charge in [-0.2, -0.15) is 4.98 Å². The fourth-order valence-corrected chi connectivity index (χ4v) is 3.60. The molecule has 7 heteroatoms. The van der Waals surface area contributed by atoms with Gasteiger partial charge in [-0.05, 0) is 48.5 Å². The van der Waals surface area contributed by atoms with Crippen LogP contribution in [0.25, 0.3) is 16.8 Å². The van der Waals surface area contributed by atoms with Gasteiger partial charge in [-0.25, -0.2) is 0 Å². The second-order valence-electron chi connectivity index (χ2n) is 6.63. The average molecular weight is 445 g/mol. The van der Waals surface area contributed by atoms with E-state index in [0.717, 1.165) is 32.7 Å². The van der Waals surface area contributed by atoms with Crippen molar-refractivity contribution in [3.8, 4) is 0 Å². The van der Waals surface area contributed by atoms with E-state index in [2.05, 4.69) is 48.2 Å². The van der Waals surface area contributed by atoms with Crippen LogP contribution in [0.15, 0.2) is 93.6 Å². The van der Waals surface area contributed by atoms with Gasteiger partial charge >= 0.3 is 0 Å². The van der Waals surface area contributed by atoms with Gasteiger partial charge in [0.25, 0.3) is 0 Å². The minimum atomic E-state index is 0.656. The first kappa shape index (κ1) is 17.6. The lowest BCUT2D eigenvalue weighted by Crippen LogP contribution is -1.92. The number of imidazole rings is 2. The Bertz CT molecular complexity index is 1330. The van der Waals surface area contributed by atoms with Crippen LogP contribution in [0.5, 0.6) is 0 Å². The van der Waals surface area contributed by atoms with Crippen molar-refractivity contribution in [1.29, 1.82) is 0 Å². The Labute approximate surface area is 175 Å². The zero-order valence-electron chi connectivity index (χ0n) is 15.6. The summed E-state index contributed by atoms with van der Waals surface area (Å²) >= 11 is 3.45. The number of rotatable bonds is 4. The summed E-state index contributed by atoms with van der Waals surface area (Å²) < 4.78 is 5.09. The van der Waals surface area contributed by atoms with Crippen molar-refractivity contribution in [2.75, 3.05) is 5.32 Å². The first-order chi connectivity index (χ1) is 14.2. The molecule has 2 aromatic heterocycles. The molecule has 0 unspecified atom stereocenters. The molecule has 1 N–H and O–H groups in total. The Hall–Kier alpha value is -3.45. The normalized spacial score (nSPS) is 11.7. The number of para-hydroxylation sites is 3. The fourth-order valence-electron chi connectivity index (χ4n) is 3.34. The van der Waals surface area contributed by atoms with E-state index in [4.69, 9.17) is 4.98 Å². The molecule has 0 radical (unpaired) electrons. The van der Waals surface area contributed by atoms with E-state index in [-0.39, 0.29) is 0 Å². The van der Waals surface area contributed by atoms with Crippen LogP contribution in [0.2, 0.25) is 0 Å². The number of hydrogen-bond acceptors (Lipinski definition) is 4. The van der Waals surface area contributed by atoms with Gasteiger partial charge < -0.3 is 9.88 Å². The molecule has 0 bridgehead atoms. The Morgan fingerprint density at radius 2 is 1.52 bits per heavy atom. The van der Waals surface area contributed by atoms with Crippen LogP contribution < -0.4 is 5.32 Å². The topological polar surface area (TPSA) is 59.0 Å². The molecule has 29 heavy (non-hydrogen) atoms. The highest BCUT2D eigenvalue weighted by molar-refractivity contribution is 9.10. The number of fused-ring (bicyclic) bond motifs is 3. The molecular formula is C22H17BrN6. The second-order valence-corrected chi connectivity index (χ2v) is 7.55. The van der Waals surface area contributed by atoms with Gasteiger partial charge in [0.05, 0.1) is 16.7 Å². The van der Waals surface area contributed by atoms with E-state index in [1.54, 1.807) is 0 Å². The quantitative estimate of drug-likeness (QED) is 0.311. The molecule has 0 aliphatic heterocycles. The lowest BCUT2D eigenvalue weighted by molar-refractivity contribution is 0.968. The molecule has 0 aliphatic rings. The number of halogens is 1. The molecule has 142 valence electrons. The highest BCUT2D eigenvalue weighted by atomic mass is 79.9. The maximum atomic E-state index is 4.82. The number of azo groups is 1. The summed E-state index contributed by atoms with van der Waals surface area (Å²) in [6.07, 6.45) is 0. The first-order valence-corrected chi connectivity index (χ1v) is 9.95. The van der Waals surface area contributed by atoms with Crippen LogP contribution in [0.1, 0.15) is 0 Å². The zero-order chi connectivity index (χ0) is 19.8. The molecule has 0 aliphatic carbocycles. The monoisotopic (exact) mass is 444 g/mol. The van der Waals surface area contributed by atoms with Crippen LogP contribution in [0.3, 0.4) is 0 Å². The highest BCUT2D eigenvalue weighted by Crippen LogP contribution is 2.34. The van der Waals surface area contributed by atoms with Crippen LogP contribution in [0, 0.1) is 0 Å². The van der Waals surface area contributed by atoms with E-state index < -0.39 is 0 Å². The third-order valence-corrected chi connectivity index (χ3v) is 5.27. The summed E-state index contributed by atoms with van der Waals surface area (Å²) in [5.74, 6) is 2.12. The fraction of sp³-hybridized carbons (Fsp3) is 0.0455. The third kappa shape index (κ3) is 3.19. The van der Waals surface area contributed by atoms with E-state index >= 15 is 0 Å². The van der Waals surface area contributed by atoms with Crippen LogP contribution in [0.4, 0.5) is 23.0 Å². The van der Waals surface area contributed by atoms with Crippen molar-refractivity contribution in [2.45, 2.75) is 0 Å². The summed E-state index contributed by atoms with van der Waals surface area (Å²) in [5.41, 5.74) is 3.83. The molecular weight excluding hydrogens is 428 g/mol. The minimum Gasteiger partial charge on any atom is -0.337 e. The van der Waals surface area contributed by atoms with Crippen molar-refractivity contribution >= 4 is 55.8 Å². The number of anilines is 2. The molecule has 6 nitrogen and oxygen atoms in total. The highest BCUT2D eigenvalue weighted by Gasteiger charge is 2.19. The van der Waals surface area contributed by atoms with Gasteiger partial charge in [-0.15, -0.1) is 10.2 Å². The molecule has 3 aromatic carbocycles. The Kier molecular flexibility index (Phi) is 4.37. The van der Waals surface area contributed by atoms with Crippen LogP contribution >= 0.6 is 15.9 Å². The van der Waals surface area contributed by atoms with Gasteiger partial charge in [-0.1, -0.05) is 46.3 Å². The zero-order valence-corrected chi connectivity index (χ0v) is 17.2. The maximum Gasteiger partial charge on any atom is 0.218 e. The molecule has 0 saturated carbocycles. The average Bonchev–Trinajstić information content (AvgIpc) is 3.24. The smallest absolute Gasteiger partial charge is 0.218 e. The molecule has 0 atom stereocenters. The van der Waals surface area contributed by atoms with E-state index in [1.807, 2.05) is 78.2 Å². The van der Waals surface area contributed by atoms with Crippen molar-refractivity contribution in [3.05, 3.63) is 83.3 Å². The standard InChI is InChI=1S/C22H17BrN6/c1-28-18-9-5-6-10-19(18)29-21(27-26-17-13-11-15(23)12-14-17)20(25-22(28)29)24-16-7-3-2-4-8-16/h2-14,24H,1H3. The lowest BCUT2D eigenvalue weighted by atomic mass is 10.3. The number of benzene rings is 3. The van der Waals surface area contributed by atoms with E-state index in [9.17, 15) is 0 Å². The van der Waals surface area contributed by atoms with Gasteiger partial charge in [0.1, 0.15) is 0 Å². The van der Waals surface area contributed by atoms with Gasteiger partial charge in [0.2, 0.25) is 11.6 Å². The largest absolute Gasteiger partial charge is 0.337 e. The summed E-state index contributed by atoms with van der Waals surface area (Å²) in [5, 5.41) is 12.4. The Morgan fingerprint density at radius 3 is 2.28 bits per heavy atom. The minimum absolute atomic E-state index is 0.656. The summed E-state index contributed by atoms with van der Waals surface area (Å²) in [6, 6.07) is 25.8. The van der Waals surface area contributed by atoms with Crippen molar-refractivity contribution in [2.24, 2.45) is 17.3 Å². The SMILES string of the molecule is Cn1c2ccccc2n2c(N=Nc3ccc(Br)cc3)c(Nc3ccccc3)nc12. The van der Waals surface area contributed by atoms with E-state index in [1.165, 1.54) is 0 Å². The number of nitrogens with one attached hydrogen (secondary N) is 1. The first-order valence-electron chi connectivity index (χ1n) is 9.16. The predicted octanol–water partition coefficient (Wildman–Crippen LogP) is 6.75. The second kappa shape index (κ2) is 7.18. The lowest BCUT2D eigenvalue weighted by Gasteiger charge is -2.04. The van der Waals surface area contributed by atoms with Crippen molar-refractivity contribution < 1.29 is 0 Å². The van der Waals surface area contributed by atoms with Gasteiger partial charge in [0.15, 0.2) is 5.82 Å². The number of aryl methyl sites for hydroxylation is 1. The van der Waals surface area contributed by atoms with E-state index in [0.29, 0.717) is 11.6 Å². The number of nitrogens with zero attached hydrogens (tertiary/aromatic N) is 5. The predicted molar refractivity (Wildman–Crippen MR) is 120 cm³/mol. The third-order valence-electron chi connectivity index (χ3n) is 4.74. The van der Waals surface area contributed by atoms with Crippen molar-refractivity contribution in [1.82, 2.24) is 14.0 Å². The number of aromatic nitrogens is 3. The van der Waals surface area contributed by atoms with Gasteiger partial charge in [-0.3, -0.25) is 4.40 Å². The molecule has 5 rings (SSSR count). The molecule has 0 spiro atoms. The molecule has 0 amide bonds. The Morgan fingerprint density at radius 1 is 0.828 bits per heavy atom. The maximum absolute atomic E-state index is 4.82. The number of hydrogen-bond donors (Lipinski definition) is 1. The molecule has 5 aromatic rings. The Balaban J connectivity index is 1.70. The van der Waals surface area contributed by atoms with Crippen LogP contribution in [-0.4, -0.2) is 14.0 Å². The van der Waals surface area contributed by atoms with Gasteiger partial charge in [0, 0.05) is 17.2 Å². The van der Waals surface area contributed by atoms with Crippen LogP contribution in [-0.2, 0) is 7.05 Å². The summed E-state index contributed by atoms with van der Waals surface area (Å²) in [6.45, 7) is 0. The molecule has 2 heterocycles. The molecule has 0 saturated heterocycles. The molecule has 0 fully saturated rings. The summed E-state index contributed by atoms with van der Waals surface area (Å²) in [7, 11) is 2.01. The summed E-state index contributed by atoms with van der Waals surface area (Å²) in [4.78, 5) is 4.82.